The van der Waals surface area contributed by atoms with E-state index in [1.807, 2.05) is 52.8 Å². The number of carbonyl (C=O) groups is 1. The summed E-state index contributed by atoms with van der Waals surface area (Å²) >= 11 is 0. The molecular weight excluding hydrogens is 392 g/mol. The first-order valence-corrected chi connectivity index (χ1v) is 10.7. The van der Waals surface area contributed by atoms with Crippen LogP contribution in [-0.4, -0.2) is 33.1 Å². The van der Waals surface area contributed by atoms with Gasteiger partial charge in [-0.1, -0.05) is 30.3 Å². The molecule has 1 aliphatic carbocycles. The average molecular weight is 416 g/mol. The van der Waals surface area contributed by atoms with E-state index in [0.29, 0.717) is 17.6 Å². The van der Waals surface area contributed by atoms with E-state index in [9.17, 15) is 9.59 Å². The van der Waals surface area contributed by atoms with E-state index >= 15 is 0 Å². The van der Waals surface area contributed by atoms with Crippen LogP contribution in [0.3, 0.4) is 0 Å². The summed E-state index contributed by atoms with van der Waals surface area (Å²) in [4.78, 5) is 30.0. The van der Waals surface area contributed by atoms with Crippen LogP contribution in [0.4, 0.5) is 4.79 Å². The van der Waals surface area contributed by atoms with E-state index < -0.39 is 5.60 Å². The van der Waals surface area contributed by atoms with Crippen molar-refractivity contribution >= 4 is 17.1 Å². The van der Waals surface area contributed by atoms with Gasteiger partial charge in [-0.25, -0.2) is 9.59 Å². The number of benzene rings is 2. The third-order valence-corrected chi connectivity index (χ3v) is 6.72. The molecule has 1 saturated heterocycles. The van der Waals surface area contributed by atoms with Gasteiger partial charge in [-0.05, 0) is 56.4 Å². The Morgan fingerprint density at radius 3 is 2.48 bits per heavy atom. The Kier molecular flexibility index (Phi) is 4.58. The minimum atomic E-state index is -0.637. The van der Waals surface area contributed by atoms with Crippen molar-refractivity contribution in [3.05, 3.63) is 70.1 Å². The van der Waals surface area contributed by atoms with Crippen LogP contribution in [0.2, 0.25) is 0 Å². The quantitative estimate of drug-likeness (QED) is 0.697. The second-order valence-electron chi connectivity index (χ2n) is 8.70. The Morgan fingerprint density at radius 1 is 1.06 bits per heavy atom. The van der Waals surface area contributed by atoms with Gasteiger partial charge in [-0.2, -0.15) is 5.26 Å². The number of aromatic nitrogens is 2. The number of ether oxygens (including phenoxy) is 1. The largest absolute Gasteiger partial charge is 0.436 e. The molecule has 2 heterocycles. The summed E-state index contributed by atoms with van der Waals surface area (Å²) in [6.07, 6.45) is 3.00. The first kappa shape index (κ1) is 19.4. The monoisotopic (exact) mass is 416 g/mol. The van der Waals surface area contributed by atoms with Crippen molar-refractivity contribution in [1.29, 1.82) is 5.26 Å². The summed E-state index contributed by atoms with van der Waals surface area (Å²) in [5, 5.41) is 9.09. The molecule has 5 rings (SSSR count). The normalized spacial score (nSPS) is 26.1. The minimum Gasteiger partial charge on any atom is -0.436 e. The lowest BCUT2D eigenvalue weighted by Gasteiger charge is -2.34. The van der Waals surface area contributed by atoms with Crippen LogP contribution < -0.4 is 5.69 Å². The molecule has 1 aliphatic heterocycles. The van der Waals surface area contributed by atoms with E-state index in [-0.39, 0.29) is 23.9 Å². The highest BCUT2D eigenvalue weighted by Gasteiger charge is 2.46. The molecule has 1 amide bonds. The number of imidazole rings is 1. The van der Waals surface area contributed by atoms with Crippen molar-refractivity contribution in [1.82, 2.24) is 14.5 Å². The number of carbonyl (C=O) groups excluding carboxylic acids is 1. The third kappa shape index (κ3) is 3.28. The maximum atomic E-state index is 12.7. The molecule has 2 aromatic carbocycles. The second-order valence-corrected chi connectivity index (χ2v) is 8.70. The summed E-state index contributed by atoms with van der Waals surface area (Å²) in [7, 11) is 0. The fourth-order valence-electron chi connectivity index (χ4n) is 5.08. The highest BCUT2D eigenvalue weighted by atomic mass is 16.6. The molecule has 0 spiro atoms. The van der Waals surface area contributed by atoms with E-state index in [0.717, 1.165) is 36.8 Å². The molecule has 7 nitrogen and oxygen atoms in total. The summed E-state index contributed by atoms with van der Waals surface area (Å²) in [5.74, 6) is 0. The molecule has 1 N–H and O–H groups in total. The summed E-state index contributed by atoms with van der Waals surface area (Å²) in [6.45, 7) is 2.50. The van der Waals surface area contributed by atoms with Crippen LogP contribution in [0.1, 0.15) is 49.8 Å². The smallest absolute Gasteiger partial charge is 0.411 e. The molecule has 0 bridgehead atoms. The van der Waals surface area contributed by atoms with Crippen LogP contribution in [-0.2, 0) is 10.3 Å². The number of fused-ring (bicyclic) bond motifs is 1. The first-order chi connectivity index (χ1) is 15.0. The average Bonchev–Trinajstić information content (AvgIpc) is 3.29. The van der Waals surface area contributed by atoms with Crippen molar-refractivity contribution in [3.63, 3.8) is 0 Å². The van der Waals surface area contributed by atoms with E-state index in [2.05, 4.69) is 11.1 Å². The SMILES string of the molecule is C[C@]1(c2ccccc2)CN(C2CCC(n3c(=O)[nH]c4cc(C#N)ccc43)CC2)C(=O)O1. The molecule has 3 aromatic rings. The number of hydrogen-bond acceptors (Lipinski definition) is 4. The number of hydrogen-bond donors (Lipinski definition) is 1. The van der Waals surface area contributed by atoms with E-state index in [1.54, 1.807) is 12.1 Å². The van der Waals surface area contributed by atoms with Crippen molar-refractivity contribution in [2.75, 3.05) is 6.54 Å². The van der Waals surface area contributed by atoms with Gasteiger partial charge in [0.15, 0.2) is 5.60 Å². The van der Waals surface area contributed by atoms with Gasteiger partial charge in [0.2, 0.25) is 0 Å². The standard InChI is InChI=1S/C24H24N4O3/c1-24(17-5-3-2-4-6-17)15-27(23(30)31-24)18-8-10-19(11-9-18)28-21-12-7-16(14-25)13-20(21)26-22(28)29/h2-7,12-13,18-19H,8-11,15H2,1H3,(H,26,29)/t18?,19?,24-/m1/s1. The minimum absolute atomic E-state index is 0.0737. The molecule has 158 valence electrons. The number of rotatable bonds is 3. The topological polar surface area (TPSA) is 91.1 Å². The molecule has 7 heteroatoms. The number of nitrogens with one attached hydrogen (secondary N) is 1. The van der Waals surface area contributed by atoms with Gasteiger partial charge in [0.05, 0.1) is 29.2 Å². The van der Waals surface area contributed by atoms with Crippen molar-refractivity contribution in [3.8, 4) is 6.07 Å². The van der Waals surface area contributed by atoms with Crippen LogP contribution in [0.5, 0.6) is 0 Å². The highest BCUT2D eigenvalue weighted by molar-refractivity contribution is 5.77. The van der Waals surface area contributed by atoms with Crippen molar-refractivity contribution in [2.24, 2.45) is 0 Å². The van der Waals surface area contributed by atoms with Gasteiger partial charge in [-0.15, -0.1) is 0 Å². The molecule has 31 heavy (non-hydrogen) atoms. The lowest BCUT2D eigenvalue weighted by atomic mass is 9.89. The predicted octanol–water partition coefficient (Wildman–Crippen LogP) is 4.05. The van der Waals surface area contributed by atoms with Crippen LogP contribution >= 0.6 is 0 Å². The zero-order chi connectivity index (χ0) is 21.6. The number of cyclic esters (lactones) is 1. The van der Waals surface area contributed by atoms with Crippen molar-refractivity contribution in [2.45, 2.75) is 50.3 Å². The maximum absolute atomic E-state index is 12.7. The number of aromatic amines is 1. The Balaban J connectivity index is 1.32. The summed E-state index contributed by atoms with van der Waals surface area (Å²) < 4.78 is 7.61. The zero-order valence-electron chi connectivity index (χ0n) is 17.4. The number of nitrogens with zero attached hydrogens (tertiary/aromatic N) is 3. The van der Waals surface area contributed by atoms with Gasteiger partial charge in [0.25, 0.3) is 0 Å². The van der Waals surface area contributed by atoms with Crippen LogP contribution in [0, 0.1) is 11.3 Å². The fourth-order valence-corrected chi connectivity index (χ4v) is 5.08. The van der Waals surface area contributed by atoms with Crippen molar-refractivity contribution < 1.29 is 9.53 Å². The Labute approximate surface area is 179 Å². The molecule has 1 saturated carbocycles. The number of H-pyrrole nitrogens is 1. The number of nitriles is 1. The van der Waals surface area contributed by atoms with E-state index in [4.69, 9.17) is 10.00 Å². The fraction of sp³-hybridized carbons (Fsp3) is 0.375. The Morgan fingerprint density at radius 2 is 1.77 bits per heavy atom. The summed E-state index contributed by atoms with van der Waals surface area (Å²) in [5.41, 5.74) is 2.25. The Bertz CT molecular complexity index is 1230. The lowest BCUT2D eigenvalue weighted by Crippen LogP contribution is -2.41. The molecular formula is C24H24N4O3. The van der Waals surface area contributed by atoms with Gasteiger partial charge >= 0.3 is 11.8 Å². The molecule has 2 fully saturated rings. The van der Waals surface area contributed by atoms with Crippen LogP contribution in [0.15, 0.2) is 53.3 Å². The van der Waals surface area contributed by atoms with Crippen LogP contribution in [0.25, 0.3) is 11.0 Å². The zero-order valence-corrected chi connectivity index (χ0v) is 17.4. The molecule has 1 atom stereocenters. The lowest BCUT2D eigenvalue weighted by molar-refractivity contribution is 0.0696. The van der Waals surface area contributed by atoms with Gasteiger partial charge in [-0.3, -0.25) is 4.57 Å². The highest BCUT2D eigenvalue weighted by Crippen LogP contribution is 2.38. The predicted molar refractivity (Wildman–Crippen MR) is 116 cm³/mol. The third-order valence-electron chi connectivity index (χ3n) is 6.72. The van der Waals surface area contributed by atoms with Gasteiger partial charge in [0, 0.05) is 12.1 Å². The van der Waals surface area contributed by atoms with Gasteiger partial charge < -0.3 is 14.6 Å². The molecule has 1 aromatic heterocycles. The molecule has 0 unspecified atom stereocenters. The second kappa shape index (κ2) is 7.31. The summed E-state index contributed by atoms with van der Waals surface area (Å²) in [6, 6.07) is 17.4. The van der Waals surface area contributed by atoms with E-state index in [1.165, 1.54) is 0 Å². The number of amides is 1. The first-order valence-electron chi connectivity index (χ1n) is 10.7. The molecule has 0 radical (unpaired) electrons. The maximum Gasteiger partial charge on any atom is 0.411 e. The molecule has 2 aliphatic rings. The Hall–Kier alpha value is -3.53. The van der Waals surface area contributed by atoms with Gasteiger partial charge in [0.1, 0.15) is 0 Å².